The first-order chi connectivity index (χ1) is 11.0. The molecule has 2 heterocycles. The number of piperidine rings is 1. The standard InChI is InChI=1S/C17H21N3O3/c1-11(2)23-16-15(18-13-5-3-4-6-14(13)19-16)20-9-7-12(8-10-20)17(21)22/h3-6,11-12H,7-10H2,1-2H3,(H,21,22). The average molecular weight is 315 g/mol. The first-order valence-corrected chi connectivity index (χ1v) is 7.96. The molecule has 1 saturated heterocycles. The third-order valence-corrected chi connectivity index (χ3v) is 4.01. The Morgan fingerprint density at radius 2 is 1.83 bits per heavy atom. The predicted molar refractivity (Wildman–Crippen MR) is 87.9 cm³/mol. The molecule has 3 rings (SSSR count). The van der Waals surface area contributed by atoms with Crippen LogP contribution in [-0.4, -0.2) is 40.2 Å². The lowest BCUT2D eigenvalue weighted by molar-refractivity contribution is -0.142. The molecule has 1 aromatic carbocycles. The Balaban J connectivity index is 1.93. The van der Waals surface area contributed by atoms with E-state index in [2.05, 4.69) is 9.88 Å². The monoisotopic (exact) mass is 315 g/mol. The molecule has 6 nitrogen and oxygen atoms in total. The SMILES string of the molecule is CC(C)Oc1nc2ccccc2nc1N1CCC(C(=O)O)CC1. The van der Waals surface area contributed by atoms with Gasteiger partial charge in [0.2, 0.25) is 0 Å². The highest BCUT2D eigenvalue weighted by atomic mass is 16.5. The summed E-state index contributed by atoms with van der Waals surface area (Å²) < 4.78 is 5.85. The van der Waals surface area contributed by atoms with Gasteiger partial charge in [-0.2, -0.15) is 0 Å². The summed E-state index contributed by atoms with van der Waals surface area (Å²) in [6.45, 7) is 5.21. The number of aromatic nitrogens is 2. The molecule has 0 aliphatic carbocycles. The number of nitrogens with zero attached hydrogens (tertiary/aromatic N) is 3. The lowest BCUT2D eigenvalue weighted by Crippen LogP contribution is -2.37. The highest BCUT2D eigenvalue weighted by Crippen LogP contribution is 2.31. The minimum Gasteiger partial charge on any atom is -0.481 e. The Kier molecular flexibility index (Phi) is 4.32. The fourth-order valence-electron chi connectivity index (χ4n) is 2.82. The second kappa shape index (κ2) is 6.40. The molecule has 1 aliphatic heterocycles. The number of ether oxygens (including phenoxy) is 1. The molecular formula is C17H21N3O3. The maximum Gasteiger partial charge on any atom is 0.306 e. The first kappa shape index (κ1) is 15.5. The zero-order valence-electron chi connectivity index (χ0n) is 13.4. The molecule has 2 aromatic rings. The Morgan fingerprint density at radius 3 is 2.39 bits per heavy atom. The van der Waals surface area contributed by atoms with Crippen LogP contribution < -0.4 is 9.64 Å². The van der Waals surface area contributed by atoms with Crippen LogP contribution in [0.25, 0.3) is 11.0 Å². The molecule has 0 amide bonds. The van der Waals surface area contributed by atoms with Gasteiger partial charge in [0, 0.05) is 13.1 Å². The molecule has 0 spiro atoms. The van der Waals surface area contributed by atoms with Gasteiger partial charge in [0.1, 0.15) is 0 Å². The van der Waals surface area contributed by atoms with E-state index in [1.54, 1.807) is 0 Å². The minimum atomic E-state index is -0.715. The van der Waals surface area contributed by atoms with Crippen molar-refractivity contribution in [3.8, 4) is 5.88 Å². The smallest absolute Gasteiger partial charge is 0.306 e. The van der Waals surface area contributed by atoms with Crippen molar-refractivity contribution in [2.24, 2.45) is 5.92 Å². The molecule has 0 saturated carbocycles. The third kappa shape index (κ3) is 3.36. The number of hydrogen-bond acceptors (Lipinski definition) is 5. The Hall–Kier alpha value is -2.37. The highest BCUT2D eigenvalue weighted by molar-refractivity contribution is 5.77. The predicted octanol–water partition coefficient (Wildman–Crippen LogP) is 2.72. The average Bonchev–Trinajstić information content (AvgIpc) is 2.54. The van der Waals surface area contributed by atoms with Crippen LogP contribution in [0.4, 0.5) is 5.82 Å². The number of rotatable bonds is 4. The lowest BCUT2D eigenvalue weighted by Gasteiger charge is -2.31. The zero-order chi connectivity index (χ0) is 16.4. The van der Waals surface area contributed by atoms with E-state index >= 15 is 0 Å². The molecule has 1 N–H and O–H groups in total. The van der Waals surface area contributed by atoms with Gasteiger partial charge in [-0.3, -0.25) is 4.79 Å². The van der Waals surface area contributed by atoms with Crippen molar-refractivity contribution in [3.63, 3.8) is 0 Å². The van der Waals surface area contributed by atoms with Crippen molar-refractivity contribution in [3.05, 3.63) is 24.3 Å². The van der Waals surface area contributed by atoms with Gasteiger partial charge >= 0.3 is 5.97 Å². The van der Waals surface area contributed by atoms with Crippen molar-refractivity contribution in [1.82, 2.24) is 9.97 Å². The topological polar surface area (TPSA) is 75.6 Å². The number of anilines is 1. The van der Waals surface area contributed by atoms with Crippen LogP contribution in [0.2, 0.25) is 0 Å². The van der Waals surface area contributed by atoms with E-state index in [1.807, 2.05) is 38.1 Å². The van der Waals surface area contributed by atoms with E-state index in [9.17, 15) is 4.79 Å². The summed E-state index contributed by atoms with van der Waals surface area (Å²) in [6, 6.07) is 7.69. The molecule has 0 bridgehead atoms. The fraction of sp³-hybridized carbons (Fsp3) is 0.471. The zero-order valence-corrected chi connectivity index (χ0v) is 13.4. The van der Waals surface area contributed by atoms with E-state index in [0.717, 1.165) is 11.0 Å². The van der Waals surface area contributed by atoms with E-state index in [-0.39, 0.29) is 12.0 Å². The van der Waals surface area contributed by atoms with Gasteiger partial charge in [0.25, 0.3) is 5.88 Å². The van der Waals surface area contributed by atoms with E-state index < -0.39 is 5.97 Å². The molecule has 1 fully saturated rings. The fourth-order valence-corrected chi connectivity index (χ4v) is 2.82. The summed E-state index contributed by atoms with van der Waals surface area (Å²) in [6.07, 6.45) is 1.23. The van der Waals surface area contributed by atoms with E-state index in [0.29, 0.717) is 37.6 Å². The number of para-hydroxylation sites is 2. The highest BCUT2D eigenvalue weighted by Gasteiger charge is 2.27. The summed E-state index contributed by atoms with van der Waals surface area (Å²) in [4.78, 5) is 22.5. The van der Waals surface area contributed by atoms with Crippen LogP contribution in [-0.2, 0) is 4.79 Å². The van der Waals surface area contributed by atoms with Gasteiger partial charge < -0.3 is 14.7 Å². The van der Waals surface area contributed by atoms with Crippen molar-refractivity contribution in [2.75, 3.05) is 18.0 Å². The number of carboxylic acid groups (broad SMARTS) is 1. The summed E-state index contributed by atoms with van der Waals surface area (Å²) in [5.74, 6) is 0.246. The Morgan fingerprint density at radius 1 is 1.22 bits per heavy atom. The summed E-state index contributed by atoms with van der Waals surface area (Å²) in [7, 11) is 0. The normalized spacial score (nSPS) is 16.0. The molecule has 1 aromatic heterocycles. The van der Waals surface area contributed by atoms with Gasteiger partial charge in [-0.05, 0) is 38.8 Å². The molecule has 0 unspecified atom stereocenters. The van der Waals surface area contributed by atoms with Crippen molar-refractivity contribution in [1.29, 1.82) is 0 Å². The van der Waals surface area contributed by atoms with Gasteiger partial charge in [0.15, 0.2) is 5.82 Å². The quantitative estimate of drug-likeness (QED) is 0.935. The first-order valence-electron chi connectivity index (χ1n) is 7.96. The van der Waals surface area contributed by atoms with Gasteiger partial charge in [0.05, 0.1) is 23.1 Å². The molecule has 0 radical (unpaired) electrons. The van der Waals surface area contributed by atoms with Crippen molar-refractivity contribution in [2.45, 2.75) is 32.8 Å². The lowest BCUT2D eigenvalue weighted by atomic mass is 9.97. The van der Waals surface area contributed by atoms with Gasteiger partial charge in [-0.1, -0.05) is 12.1 Å². The van der Waals surface area contributed by atoms with Gasteiger partial charge in [-0.15, -0.1) is 0 Å². The number of hydrogen-bond donors (Lipinski definition) is 1. The number of benzene rings is 1. The van der Waals surface area contributed by atoms with Crippen molar-refractivity contribution >= 4 is 22.8 Å². The molecule has 0 atom stereocenters. The molecule has 6 heteroatoms. The third-order valence-electron chi connectivity index (χ3n) is 4.01. The Bertz CT molecular complexity index is 709. The number of aliphatic carboxylic acids is 1. The largest absolute Gasteiger partial charge is 0.481 e. The molecule has 122 valence electrons. The molecular weight excluding hydrogens is 294 g/mol. The van der Waals surface area contributed by atoms with Crippen LogP contribution in [0.15, 0.2) is 24.3 Å². The second-order valence-corrected chi connectivity index (χ2v) is 6.11. The second-order valence-electron chi connectivity index (χ2n) is 6.11. The number of fused-ring (bicyclic) bond motifs is 1. The van der Waals surface area contributed by atoms with Gasteiger partial charge in [-0.25, -0.2) is 9.97 Å². The summed E-state index contributed by atoms with van der Waals surface area (Å²) in [5, 5.41) is 9.14. The van der Waals surface area contributed by atoms with Crippen LogP contribution >= 0.6 is 0 Å². The summed E-state index contributed by atoms with van der Waals surface area (Å²) in [5.41, 5.74) is 1.62. The summed E-state index contributed by atoms with van der Waals surface area (Å²) >= 11 is 0. The molecule has 1 aliphatic rings. The van der Waals surface area contributed by atoms with E-state index in [4.69, 9.17) is 14.8 Å². The van der Waals surface area contributed by atoms with Crippen LogP contribution in [0.1, 0.15) is 26.7 Å². The number of carbonyl (C=O) groups is 1. The van der Waals surface area contributed by atoms with Crippen LogP contribution in [0.5, 0.6) is 5.88 Å². The maximum absolute atomic E-state index is 11.1. The Labute approximate surface area is 135 Å². The van der Waals surface area contributed by atoms with Crippen molar-refractivity contribution < 1.29 is 14.6 Å². The maximum atomic E-state index is 11.1. The number of carboxylic acids is 1. The van der Waals surface area contributed by atoms with Crippen LogP contribution in [0, 0.1) is 5.92 Å². The van der Waals surface area contributed by atoms with E-state index in [1.165, 1.54) is 0 Å². The minimum absolute atomic E-state index is 0.000714. The van der Waals surface area contributed by atoms with Crippen LogP contribution in [0.3, 0.4) is 0 Å². The molecule has 23 heavy (non-hydrogen) atoms.